The SMILES string of the molecule is CCNC(=NCC(C)(CC)CO)N(C)CCC1CCOCC1.I. The molecule has 0 aromatic carbocycles. The highest BCUT2D eigenvalue weighted by molar-refractivity contribution is 14.0. The van der Waals surface area contributed by atoms with Gasteiger partial charge in [-0.2, -0.15) is 0 Å². The zero-order chi connectivity index (χ0) is 16.4. The molecular formula is C17H36IN3O2. The van der Waals surface area contributed by atoms with Crippen molar-refractivity contribution in [3.8, 4) is 0 Å². The number of rotatable bonds is 8. The van der Waals surface area contributed by atoms with Crippen molar-refractivity contribution in [3.05, 3.63) is 0 Å². The van der Waals surface area contributed by atoms with Gasteiger partial charge in [0.2, 0.25) is 0 Å². The first kappa shape index (κ1) is 22.9. The Morgan fingerprint density at radius 3 is 2.52 bits per heavy atom. The molecule has 0 aromatic heterocycles. The number of aliphatic hydroxyl groups excluding tert-OH is 1. The van der Waals surface area contributed by atoms with E-state index in [1.807, 2.05) is 0 Å². The van der Waals surface area contributed by atoms with Crippen molar-refractivity contribution in [1.29, 1.82) is 0 Å². The molecule has 0 saturated carbocycles. The predicted molar refractivity (Wildman–Crippen MR) is 108 cm³/mol. The molecule has 1 fully saturated rings. The molecule has 1 heterocycles. The molecule has 23 heavy (non-hydrogen) atoms. The lowest BCUT2D eigenvalue weighted by molar-refractivity contribution is 0.0625. The molecule has 0 radical (unpaired) electrons. The van der Waals surface area contributed by atoms with Crippen molar-refractivity contribution >= 4 is 29.9 Å². The summed E-state index contributed by atoms with van der Waals surface area (Å²) in [5, 5.41) is 12.9. The Kier molecular flexibility index (Phi) is 12.3. The van der Waals surface area contributed by atoms with Crippen LogP contribution in [0.4, 0.5) is 0 Å². The number of guanidine groups is 1. The number of hydrogen-bond acceptors (Lipinski definition) is 3. The molecule has 0 aliphatic carbocycles. The van der Waals surface area contributed by atoms with E-state index in [9.17, 15) is 5.11 Å². The Bertz CT molecular complexity index is 330. The summed E-state index contributed by atoms with van der Waals surface area (Å²) < 4.78 is 5.42. The van der Waals surface area contributed by atoms with Crippen LogP contribution in [-0.2, 0) is 4.74 Å². The van der Waals surface area contributed by atoms with Crippen LogP contribution in [-0.4, -0.2) is 62.5 Å². The number of hydrogen-bond donors (Lipinski definition) is 2. The van der Waals surface area contributed by atoms with Gasteiger partial charge in [-0.3, -0.25) is 4.99 Å². The van der Waals surface area contributed by atoms with Gasteiger partial charge >= 0.3 is 0 Å². The van der Waals surface area contributed by atoms with E-state index in [0.717, 1.165) is 44.6 Å². The van der Waals surface area contributed by atoms with Crippen molar-refractivity contribution in [2.24, 2.45) is 16.3 Å². The molecule has 0 amide bonds. The Balaban J connectivity index is 0.00000484. The number of nitrogens with one attached hydrogen (secondary N) is 1. The van der Waals surface area contributed by atoms with Gasteiger partial charge in [0.05, 0.1) is 13.2 Å². The molecule has 1 rings (SSSR count). The summed E-state index contributed by atoms with van der Waals surface area (Å²) in [6.45, 7) is 10.8. The summed E-state index contributed by atoms with van der Waals surface area (Å²) in [7, 11) is 2.10. The third-order valence-corrected chi connectivity index (χ3v) is 4.76. The van der Waals surface area contributed by atoms with Crippen molar-refractivity contribution < 1.29 is 9.84 Å². The van der Waals surface area contributed by atoms with Crippen molar-refractivity contribution in [1.82, 2.24) is 10.2 Å². The second-order valence-corrected chi connectivity index (χ2v) is 6.76. The Labute approximate surface area is 159 Å². The van der Waals surface area contributed by atoms with E-state index in [2.05, 4.69) is 38.0 Å². The van der Waals surface area contributed by atoms with E-state index in [1.54, 1.807) is 0 Å². The van der Waals surface area contributed by atoms with Crippen LogP contribution in [0, 0.1) is 11.3 Å². The van der Waals surface area contributed by atoms with Gasteiger partial charge in [-0.25, -0.2) is 0 Å². The van der Waals surface area contributed by atoms with Crippen LogP contribution < -0.4 is 5.32 Å². The first-order valence-corrected chi connectivity index (χ1v) is 8.72. The zero-order valence-electron chi connectivity index (χ0n) is 15.3. The largest absolute Gasteiger partial charge is 0.396 e. The maximum Gasteiger partial charge on any atom is 0.193 e. The molecule has 6 heteroatoms. The van der Waals surface area contributed by atoms with Crippen LogP contribution in [0.3, 0.4) is 0 Å². The van der Waals surface area contributed by atoms with Crippen LogP contribution in [0.5, 0.6) is 0 Å². The second kappa shape index (κ2) is 12.3. The summed E-state index contributed by atoms with van der Waals surface area (Å²) in [6.07, 6.45) is 4.48. The first-order chi connectivity index (χ1) is 10.5. The molecule has 1 aliphatic rings. The summed E-state index contributed by atoms with van der Waals surface area (Å²) in [6, 6.07) is 0. The van der Waals surface area contributed by atoms with E-state index in [1.165, 1.54) is 19.3 Å². The molecule has 0 spiro atoms. The second-order valence-electron chi connectivity index (χ2n) is 6.76. The minimum atomic E-state index is -0.123. The minimum absolute atomic E-state index is 0. The van der Waals surface area contributed by atoms with Gasteiger partial charge in [-0.05, 0) is 38.5 Å². The van der Waals surface area contributed by atoms with Gasteiger partial charge in [-0.15, -0.1) is 24.0 Å². The number of ether oxygens (including phenoxy) is 1. The van der Waals surface area contributed by atoms with Gasteiger partial charge in [0.25, 0.3) is 0 Å². The van der Waals surface area contributed by atoms with Crippen LogP contribution in [0.1, 0.15) is 46.5 Å². The lowest BCUT2D eigenvalue weighted by atomic mass is 9.89. The monoisotopic (exact) mass is 441 g/mol. The molecule has 5 nitrogen and oxygen atoms in total. The summed E-state index contributed by atoms with van der Waals surface area (Å²) in [4.78, 5) is 6.95. The van der Waals surface area contributed by atoms with Crippen LogP contribution in [0.2, 0.25) is 0 Å². The van der Waals surface area contributed by atoms with Crippen LogP contribution in [0.15, 0.2) is 4.99 Å². The number of halogens is 1. The molecule has 1 atom stereocenters. The molecular weight excluding hydrogens is 405 g/mol. The van der Waals surface area contributed by atoms with Gasteiger partial charge in [0, 0.05) is 38.8 Å². The van der Waals surface area contributed by atoms with Gasteiger partial charge in [0.15, 0.2) is 5.96 Å². The third kappa shape index (κ3) is 8.54. The molecule has 2 N–H and O–H groups in total. The number of nitrogens with zero attached hydrogens (tertiary/aromatic N) is 2. The molecule has 0 bridgehead atoms. The smallest absolute Gasteiger partial charge is 0.193 e. The van der Waals surface area contributed by atoms with Crippen molar-refractivity contribution in [3.63, 3.8) is 0 Å². The maximum atomic E-state index is 9.53. The quantitative estimate of drug-likeness (QED) is 0.346. The number of aliphatic imine (C=N–C) groups is 1. The molecule has 1 saturated heterocycles. The molecule has 138 valence electrons. The van der Waals surface area contributed by atoms with Gasteiger partial charge < -0.3 is 20.1 Å². The standard InChI is InChI=1S/C17H35N3O2.HI/c1-5-17(3,14-21)13-19-16(18-6-2)20(4)10-7-15-8-11-22-12-9-15;/h15,21H,5-14H2,1-4H3,(H,18,19);1H. The third-order valence-electron chi connectivity index (χ3n) is 4.76. The predicted octanol–water partition coefficient (Wildman–Crippen LogP) is 2.73. The highest BCUT2D eigenvalue weighted by Gasteiger charge is 2.21. The van der Waals surface area contributed by atoms with Crippen LogP contribution >= 0.6 is 24.0 Å². The lowest BCUT2D eigenvalue weighted by Gasteiger charge is -2.28. The average molecular weight is 441 g/mol. The van der Waals surface area contributed by atoms with Crippen molar-refractivity contribution in [2.45, 2.75) is 46.5 Å². The molecule has 1 aliphatic heterocycles. The lowest BCUT2D eigenvalue weighted by Crippen LogP contribution is -2.41. The number of aliphatic hydroxyl groups is 1. The Hall–Kier alpha value is -0.0800. The fraction of sp³-hybridized carbons (Fsp3) is 0.941. The van der Waals surface area contributed by atoms with Gasteiger partial charge in [0.1, 0.15) is 0 Å². The Morgan fingerprint density at radius 1 is 1.35 bits per heavy atom. The fourth-order valence-electron chi connectivity index (χ4n) is 2.53. The van der Waals surface area contributed by atoms with E-state index >= 15 is 0 Å². The minimum Gasteiger partial charge on any atom is -0.396 e. The normalized spacial score (nSPS) is 18.9. The summed E-state index contributed by atoms with van der Waals surface area (Å²) >= 11 is 0. The molecule has 1 unspecified atom stereocenters. The summed E-state index contributed by atoms with van der Waals surface area (Å²) in [5.41, 5.74) is -0.123. The maximum absolute atomic E-state index is 9.53. The highest BCUT2D eigenvalue weighted by Crippen LogP contribution is 2.21. The van der Waals surface area contributed by atoms with E-state index in [0.29, 0.717) is 6.54 Å². The summed E-state index contributed by atoms with van der Waals surface area (Å²) in [5.74, 6) is 1.72. The average Bonchev–Trinajstić information content (AvgIpc) is 2.57. The van der Waals surface area contributed by atoms with Gasteiger partial charge in [-0.1, -0.05) is 13.8 Å². The Morgan fingerprint density at radius 2 is 2.00 bits per heavy atom. The first-order valence-electron chi connectivity index (χ1n) is 8.72. The van der Waals surface area contributed by atoms with E-state index in [4.69, 9.17) is 9.73 Å². The van der Waals surface area contributed by atoms with Crippen molar-refractivity contribution in [2.75, 3.05) is 46.5 Å². The zero-order valence-corrected chi connectivity index (χ0v) is 17.6. The fourth-order valence-corrected chi connectivity index (χ4v) is 2.53. The molecule has 0 aromatic rings. The van der Waals surface area contributed by atoms with E-state index < -0.39 is 0 Å². The van der Waals surface area contributed by atoms with E-state index in [-0.39, 0.29) is 36.0 Å². The highest BCUT2D eigenvalue weighted by atomic mass is 127. The van der Waals surface area contributed by atoms with Crippen LogP contribution in [0.25, 0.3) is 0 Å². The topological polar surface area (TPSA) is 57.1 Å².